The fourth-order valence-corrected chi connectivity index (χ4v) is 2.69. The minimum Gasteiger partial charge on any atom is -0.461 e. The summed E-state index contributed by atoms with van der Waals surface area (Å²) in [6.45, 7) is 1.69. The second kappa shape index (κ2) is 6.37. The Labute approximate surface area is 120 Å². The van der Waals surface area contributed by atoms with Crippen LogP contribution in [0.2, 0.25) is 0 Å². The lowest BCUT2D eigenvalue weighted by Crippen LogP contribution is -2.31. The molecule has 1 heterocycles. The summed E-state index contributed by atoms with van der Waals surface area (Å²) >= 11 is 3.30. The third-order valence-electron chi connectivity index (χ3n) is 3.50. The van der Waals surface area contributed by atoms with Crippen LogP contribution in [0, 0.1) is 0 Å². The Balaban J connectivity index is 2.05. The lowest BCUT2D eigenvalue weighted by atomic mass is 9.98. The van der Waals surface area contributed by atoms with E-state index in [0.29, 0.717) is 0 Å². The Morgan fingerprint density at radius 3 is 2.74 bits per heavy atom. The van der Waals surface area contributed by atoms with E-state index in [9.17, 15) is 9.59 Å². The number of rotatable bonds is 3. The molecule has 2 rings (SSSR count). The topological polar surface area (TPSA) is 48.3 Å². The molecule has 5 heteroatoms. The number of hydrogen-bond donors (Lipinski definition) is 0. The van der Waals surface area contributed by atoms with Crippen molar-refractivity contribution in [3.8, 4) is 0 Å². The number of pyridine rings is 1. The molecular formula is C14H18BrNO3. The predicted octanol–water partition coefficient (Wildman–Crippen LogP) is 3.05. The van der Waals surface area contributed by atoms with E-state index in [0.717, 1.165) is 30.2 Å². The standard InChI is InChI=1S/C14H18BrNO3/c1-10(16-9-11(15)7-8-13(16)17)14(18)19-12-5-3-2-4-6-12/h7-10,12H,2-6H2,1H3. The summed E-state index contributed by atoms with van der Waals surface area (Å²) in [6.07, 6.45) is 6.96. The van der Waals surface area contributed by atoms with Crippen LogP contribution in [0.5, 0.6) is 0 Å². The van der Waals surface area contributed by atoms with Gasteiger partial charge in [0.05, 0.1) is 0 Å². The van der Waals surface area contributed by atoms with Crippen molar-refractivity contribution in [1.82, 2.24) is 4.57 Å². The molecular weight excluding hydrogens is 310 g/mol. The van der Waals surface area contributed by atoms with Crippen LogP contribution in [-0.4, -0.2) is 16.6 Å². The number of carbonyl (C=O) groups excluding carboxylic acids is 1. The van der Waals surface area contributed by atoms with E-state index in [4.69, 9.17) is 4.74 Å². The number of hydrogen-bond acceptors (Lipinski definition) is 3. The van der Waals surface area contributed by atoms with Gasteiger partial charge in [0.2, 0.25) is 0 Å². The lowest BCUT2D eigenvalue weighted by molar-refractivity contribution is -0.154. The summed E-state index contributed by atoms with van der Waals surface area (Å²) < 4.78 is 7.65. The molecule has 104 valence electrons. The molecule has 1 atom stereocenters. The summed E-state index contributed by atoms with van der Waals surface area (Å²) in [5.41, 5.74) is -0.198. The molecule has 0 aliphatic heterocycles. The fourth-order valence-electron chi connectivity index (χ4n) is 2.34. The number of esters is 1. The van der Waals surface area contributed by atoms with E-state index < -0.39 is 6.04 Å². The van der Waals surface area contributed by atoms with E-state index in [1.54, 1.807) is 19.2 Å². The van der Waals surface area contributed by atoms with Crippen LogP contribution in [0.15, 0.2) is 27.6 Å². The second-order valence-electron chi connectivity index (χ2n) is 4.97. The smallest absolute Gasteiger partial charge is 0.329 e. The molecule has 1 aromatic heterocycles. The zero-order valence-electron chi connectivity index (χ0n) is 11.0. The molecule has 1 aliphatic carbocycles. The molecule has 0 amide bonds. The van der Waals surface area contributed by atoms with Crippen LogP contribution in [0.1, 0.15) is 45.1 Å². The van der Waals surface area contributed by atoms with Gasteiger partial charge < -0.3 is 9.30 Å². The van der Waals surface area contributed by atoms with E-state index in [2.05, 4.69) is 15.9 Å². The first-order valence-corrected chi connectivity index (χ1v) is 7.45. The maximum absolute atomic E-state index is 12.1. The van der Waals surface area contributed by atoms with Crippen molar-refractivity contribution in [3.63, 3.8) is 0 Å². The Morgan fingerprint density at radius 2 is 2.05 bits per heavy atom. The largest absolute Gasteiger partial charge is 0.461 e. The molecule has 1 fully saturated rings. The van der Waals surface area contributed by atoms with Gasteiger partial charge in [-0.2, -0.15) is 0 Å². The zero-order chi connectivity index (χ0) is 13.8. The molecule has 4 nitrogen and oxygen atoms in total. The summed E-state index contributed by atoms with van der Waals surface area (Å²) in [7, 11) is 0. The van der Waals surface area contributed by atoms with Gasteiger partial charge in [0.15, 0.2) is 0 Å². The molecule has 1 saturated carbocycles. The minimum atomic E-state index is -0.591. The zero-order valence-corrected chi connectivity index (χ0v) is 12.6. The molecule has 1 unspecified atom stereocenters. The molecule has 0 aromatic carbocycles. The number of nitrogens with zero attached hydrogens (tertiary/aromatic N) is 1. The van der Waals surface area contributed by atoms with Gasteiger partial charge in [-0.15, -0.1) is 0 Å². The van der Waals surface area contributed by atoms with Gasteiger partial charge in [-0.05, 0) is 54.6 Å². The van der Waals surface area contributed by atoms with Gasteiger partial charge in [-0.1, -0.05) is 6.42 Å². The van der Waals surface area contributed by atoms with Crippen molar-refractivity contribution in [1.29, 1.82) is 0 Å². The van der Waals surface area contributed by atoms with Gasteiger partial charge in [0.1, 0.15) is 12.1 Å². The summed E-state index contributed by atoms with van der Waals surface area (Å²) in [4.78, 5) is 23.8. The Bertz CT molecular complexity index is 506. The Kier molecular flexibility index (Phi) is 4.80. The Morgan fingerprint density at radius 1 is 1.37 bits per heavy atom. The number of carbonyl (C=O) groups is 1. The van der Waals surface area contributed by atoms with Crippen molar-refractivity contribution in [2.45, 2.75) is 51.2 Å². The minimum absolute atomic E-state index is 0.0200. The average molecular weight is 328 g/mol. The van der Waals surface area contributed by atoms with Crippen LogP contribution in [0.4, 0.5) is 0 Å². The first-order valence-electron chi connectivity index (χ1n) is 6.66. The maximum atomic E-state index is 12.1. The highest BCUT2D eigenvalue weighted by molar-refractivity contribution is 9.10. The van der Waals surface area contributed by atoms with E-state index in [1.165, 1.54) is 17.1 Å². The quantitative estimate of drug-likeness (QED) is 0.801. The molecule has 1 aliphatic rings. The van der Waals surface area contributed by atoms with Crippen molar-refractivity contribution in [2.75, 3.05) is 0 Å². The number of ether oxygens (including phenoxy) is 1. The van der Waals surface area contributed by atoms with Crippen LogP contribution >= 0.6 is 15.9 Å². The Hall–Kier alpha value is -1.10. The van der Waals surface area contributed by atoms with Gasteiger partial charge in [0, 0.05) is 16.7 Å². The van der Waals surface area contributed by atoms with Crippen LogP contribution in [0.3, 0.4) is 0 Å². The van der Waals surface area contributed by atoms with Crippen molar-refractivity contribution >= 4 is 21.9 Å². The molecule has 0 saturated heterocycles. The molecule has 0 N–H and O–H groups in total. The highest BCUT2D eigenvalue weighted by Crippen LogP contribution is 2.22. The molecule has 0 bridgehead atoms. The molecule has 0 radical (unpaired) electrons. The first kappa shape index (κ1) is 14.3. The van der Waals surface area contributed by atoms with Crippen LogP contribution < -0.4 is 5.56 Å². The SMILES string of the molecule is CC(C(=O)OC1CCCCC1)n1cc(Br)ccc1=O. The third kappa shape index (κ3) is 3.69. The van der Waals surface area contributed by atoms with E-state index >= 15 is 0 Å². The summed E-state index contributed by atoms with van der Waals surface area (Å²) in [5, 5.41) is 0. The van der Waals surface area contributed by atoms with Gasteiger partial charge >= 0.3 is 5.97 Å². The first-order chi connectivity index (χ1) is 9.08. The highest BCUT2D eigenvalue weighted by atomic mass is 79.9. The van der Waals surface area contributed by atoms with Crippen LogP contribution in [-0.2, 0) is 9.53 Å². The van der Waals surface area contributed by atoms with Crippen LogP contribution in [0.25, 0.3) is 0 Å². The average Bonchev–Trinajstić information content (AvgIpc) is 2.42. The monoisotopic (exact) mass is 327 g/mol. The van der Waals surface area contributed by atoms with Gasteiger partial charge in [-0.3, -0.25) is 4.79 Å². The highest BCUT2D eigenvalue weighted by Gasteiger charge is 2.23. The fraction of sp³-hybridized carbons (Fsp3) is 0.571. The predicted molar refractivity (Wildman–Crippen MR) is 76.1 cm³/mol. The normalized spacial score (nSPS) is 18.0. The van der Waals surface area contributed by atoms with Crippen molar-refractivity contribution in [3.05, 3.63) is 33.2 Å². The van der Waals surface area contributed by atoms with E-state index in [-0.39, 0.29) is 17.6 Å². The lowest BCUT2D eigenvalue weighted by Gasteiger charge is -2.24. The van der Waals surface area contributed by atoms with Gasteiger partial charge in [-0.25, -0.2) is 4.79 Å². The van der Waals surface area contributed by atoms with E-state index in [1.807, 2.05) is 0 Å². The van der Waals surface area contributed by atoms with Crippen molar-refractivity contribution in [2.24, 2.45) is 0 Å². The summed E-state index contributed by atoms with van der Waals surface area (Å²) in [5.74, 6) is -0.327. The summed E-state index contributed by atoms with van der Waals surface area (Å²) in [6, 6.07) is 2.51. The van der Waals surface area contributed by atoms with Gasteiger partial charge in [0.25, 0.3) is 5.56 Å². The number of aromatic nitrogens is 1. The molecule has 19 heavy (non-hydrogen) atoms. The van der Waals surface area contributed by atoms with Crippen molar-refractivity contribution < 1.29 is 9.53 Å². The molecule has 0 spiro atoms. The second-order valence-corrected chi connectivity index (χ2v) is 5.88. The number of halogens is 1. The third-order valence-corrected chi connectivity index (χ3v) is 3.96. The molecule has 1 aromatic rings. The maximum Gasteiger partial charge on any atom is 0.329 e.